The molecule has 0 aromatic heterocycles. The summed E-state index contributed by atoms with van der Waals surface area (Å²) in [5.74, 6) is 1.01. The molecular formula is C42H68O3Si. The van der Waals surface area contributed by atoms with Crippen LogP contribution >= 0.6 is 0 Å². The molecule has 0 spiro atoms. The monoisotopic (exact) mass is 648 g/mol. The van der Waals surface area contributed by atoms with Gasteiger partial charge in [-0.05, 0) is 53.9 Å². The van der Waals surface area contributed by atoms with E-state index < -0.39 is 8.32 Å². The minimum absolute atomic E-state index is 0.0509. The Labute approximate surface area is 285 Å². The lowest BCUT2D eigenvalue weighted by Crippen LogP contribution is -2.42. The number of carbonyl (C=O) groups excluding carboxylic acids is 1. The maximum atomic E-state index is 13.3. The Balaban J connectivity index is 1.85. The average Bonchev–Trinajstić information content (AvgIpc) is 3.06. The van der Waals surface area contributed by atoms with Crippen LogP contribution in [0, 0.1) is 0 Å². The van der Waals surface area contributed by atoms with Crippen molar-refractivity contribution in [1.82, 2.24) is 0 Å². The molecule has 0 amide bonds. The Hall–Kier alpha value is -2.17. The van der Waals surface area contributed by atoms with Gasteiger partial charge in [0.25, 0.3) is 0 Å². The quantitative estimate of drug-likeness (QED) is 0.0500. The lowest BCUT2D eigenvalue weighted by Gasteiger charge is -2.35. The number of rotatable bonds is 29. The van der Waals surface area contributed by atoms with E-state index in [4.69, 9.17) is 9.16 Å². The maximum Gasteiger partial charge on any atom is 0.193 e. The predicted octanol–water partition coefficient (Wildman–Crippen LogP) is 13.3. The van der Waals surface area contributed by atoms with E-state index in [1.807, 2.05) is 48.5 Å². The zero-order valence-electron chi connectivity index (χ0n) is 30.2. The summed E-state index contributed by atoms with van der Waals surface area (Å²) in [5.41, 5.74) is 2.16. The van der Waals surface area contributed by atoms with Crippen LogP contribution in [0.3, 0.4) is 0 Å². The van der Waals surface area contributed by atoms with Crippen molar-refractivity contribution >= 4 is 20.2 Å². The van der Waals surface area contributed by atoms with Gasteiger partial charge in [0.2, 0.25) is 0 Å². The van der Waals surface area contributed by atoms with Gasteiger partial charge in [-0.15, -0.1) is 0 Å². The zero-order chi connectivity index (χ0) is 33.1. The van der Waals surface area contributed by atoms with E-state index in [9.17, 15) is 4.79 Å². The molecular weight excluding hydrogens is 581 g/mol. The van der Waals surface area contributed by atoms with Crippen molar-refractivity contribution in [3.05, 3.63) is 71.8 Å². The van der Waals surface area contributed by atoms with Gasteiger partial charge in [-0.3, -0.25) is 4.79 Å². The Morgan fingerprint density at radius 2 is 1.17 bits per heavy atom. The van der Waals surface area contributed by atoms with Crippen molar-refractivity contribution in [2.45, 2.75) is 174 Å². The van der Waals surface area contributed by atoms with Crippen molar-refractivity contribution in [2.24, 2.45) is 0 Å². The van der Waals surface area contributed by atoms with Gasteiger partial charge >= 0.3 is 0 Å². The molecule has 46 heavy (non-hydrogen) atoms. The summed E-state index contributed by atoms with van der Waals surface area (Å²) in [7, 11) is -1.85. The fraction of sp³-hybridized carbons (Fsp3) is 0.643. The molecule has 2 aromatic rings. The minimum Gasteiger partial charge on any atom is -0.489 e. The van der Waals surface area contributed by atoms with Crippen molar-refractivity contribution in [1.29, 1.82) is 0 Å². The summed E-state index contributed by atoms with van der Waals surface area (Å²) in [4.78, 5) is 13.3. The summed E-state index contributed by atoms with van der Waals surface area (Å²) in [6, 6.07) is 21.8. The smallest absolute Gasteiger partial charge is 0.193 e. The SMILES string of the molecule is CCCCCCCCCCCCCCC[C@@H](CC(=O)/C=C/c1ccc(OCc2ccccc2)cc1)O[Si](CCC)(CCC)CCC. The van der Waals surface area contributed by atoms with Crippen molar-refractivity contribution < 1.29 is 14.0 Å². The summed E-state index contributed by atoms with van der Waals surface area (Å²) in [6.07, 6.45) is 26.5. The normalized spacial score (nSPS) is 12.5. The molecule has 0 saturated heterocycles. The Morgan fingerprint density at radius 1 is 0.652 bits per heavy atom. The van der Waals surface area contributed by atoms with Gasteiger partial charge in [-0.1, -0.05) is 179 Å². The zero-order valence-corrected chi connectivity index (χ0v) is 31.2. The van der Waals surface area contributed by atoms with Crippen LogP contribution in [0.5, 0.6) is 5.75 Å². The Kier molecular flexibility index (Phi) is 22.5. The fourth-order valence-corrected chi connectivity index (χ4v) is 11.5. The van der Waals surface area contributed by atoms with Crippen LogP contribution in [0.2, 0.25) is 18.1 Å². The van der Waals surface area contributed by atoms with Gasteiger partial charge in [-0.25, -0.2) is 0 Å². The first-order chi connectivity index (χ1) is 22.5. The molecule has 1 atom stereocenters. The third kappa shape index (κ3) is 18.2. The number of hydrogen-bond donors (Lipinski definition) is 0. The molecule has 2 aromatic carbocycles. The molecule has 0 bridgehead atoms. The Morgan fingerprint density at radius 3 is 1.70 bits per heavy atom. The molecule has 0 saturated carbocycles. The highest BCUT2D eigenvalue weighted by Gasteiger charge is 2.35. The summed E-state index contributed by atoms with van der Waals surface area (Å²) < 4.78 is 13.1. The van der Waals surface area contributed by atoms with Crippen LogP contribution in [0.25, 0.3) is 6.08 Å². The molecule has 0 aliphatic carbocycles. The molecule has 4 heteroatoms. The molecule has 0 fully saturated rings. The second-order valence-corrected chi connectivity index (χ2v) is 17.7. The molecule has 0 N–H and O–H groups in total. The van der Waals surface area contributed by atoms with Crippen LogP contribution in [0.15, 0.2) is 60.7 Å². The first-order valence-electron chi connectivity index (χ1n) is 19.2. The fourth-order valence-electron chi connectivity index (χ4n) is 6.76. The highest BCUT2D eigenvalue weighted by molar-refractivity contribution is 6.73. The van der Waals surface area contributed by atoms with Gasteiger partial charge in [-0.2, -0.15) is 0 Å². The first kappa shape index (κ1) is 40.0. The second kappa shape index (κ2) is 25.9. The van der Waals surface area contributed by atoms with E-state index in [2.05, 4.69) is 39.8 Å². The molecule has 0 radical (unpaired) electrons. The molecule has 258 valence electrons. The lowest BCUT2D eigenvalue weighted by atomic mass is 10.0. The maximum absolute atomic E-state index is 13.3. The third-order valence-electron chi connectivity index (χ3n) is 9.18. The average molecular weight is 649 g/mol. The largest absolute Gasteiger partial charge is 0.489 e. The van der Waals surface area contributed by atoms with Crippen molar-refractivity contribution in [3.8, 4) is 5.75 Å². The van der Waals surface area contributed by atoms with E-state index in [0.717, 1.165) is 23.3 Å². The van der Waals surface area contributed by atoms with Crippen LogP contribution < -0.4 is 4.74 Å². The number of ether oxygens (including phenoxy) is 1. The van der Waals surface area contributed by atoms with Gasteiger partial charge < -0.3 is 9.16 Å². The number of benzene rings is 2. The van der Waals surface area contributed by atoms with Crippen molar-refractivity contribution in [2.75, 3.05) is 0 Å². The Bertz CT molecular complexity index is 1020. The molecule has 2 rings (SSSR count). The number of ketones is 1. The van der Waals surface area contributed by atoms with E-state index in [0.29, 0.717) is 13.0 Å². The summed E-state index contributed by atoms with van der Waals surface area (Å²) >= 11 is 0. The number of carbonyl (C=O) groups is 1. The topological polar surface area (TPSA) is 35.5 Å². The summed E-state index contributed by atoms with van der Waals surface area (Å²) in [6.45, 7) is 9.72. The summed E-state index contributed by atoms with van der Waals surface area (Å²) in [5, 5.41) is 0. The van der Waals surface area contributed by atoms with Crippen molar-refractivity contribution in [3.63, 3.8) is 0 Å². The van der Waals surface area contributed by atoms with Gasteiger partial charge in [0.15, 0.2) is 14.1 Å². The molecule has 0 unspecified atom stereocenters. The highest BCUT2D eigenvalue weighted by atomic mass is 28.4. The van der Waals surface area contributed by atoms with Gasteiger partial charge in [0, 0.05) is 6.42 Å². The molecule has 0 aliphatic rings. The van der Waals surface area contributed by atoms with E-state index in [-0.39, 0.29) is 11.9 Å². The second-order valence-electron chi connectivity index (χ2n) is 13.6. The minimum atomic E-state index is -1.85. The first-order valence-corrected chi connectivity index (χ1v) is 21.7. The standard InChI is InChI=1S/C42H68O3Si/c1-5-9-10-11-12-13-14-15-16-17-18-19-23-26-42(45-46(33-6-2,34-7-3)35-8-4)36-40(43)30-27-38-28-31-41(32-29-38)44-37-39-24-21-20-22-25-39/h20-22,24-25,27-32,42H,5-19,23,26,33-37H2,1-4H3/b30-27+/t42-/m0/s1. The number of hydrogen-bond acceptors (Lipinski definition) is 3. The predicted molar refractivity (Wildman–Crippen MR) is 202 cm³/mol. The van der Waals surface area contributed by atoms with Crippen LogP contribution in [0.4, 0.5) is 0 Å². The highest BCUT2D eigenvalue weighted by Crippen LogP contribution is 2.31. The lowest BCUT2D eigenvalue weighted by molar-refractivity contribution is -0.116. The van der Waals surface area contributed by atoms with E-state index in [1.165, 1.54) is 121 Å². The number of allylic oxidation sites excluding steroid dienone is 1. The van der Waals surface area contributed by atoms with Crippen LogP contribution in [0.1, 0.15) is 154 Å². The van der Waals surface area contributed by atoms with Gasteiger partial charge in [0.1, 0.15) is 12.4 Å². The van der Waals surface area contributed by atoms with Crippen LogP contribution in [-0.2, 0) is 15.8 Å². The van der Waals surface area contributed by atoms with Crippen LogP contribution in [-0.4, -0.2) is 20.2 Å². The molecule has 0 aliphatic heterocycles. The van der Waals surface area contributed by atoms with E-state index >= 15 is 0 Å². The van der Waals surface area contributed by atoms with E-state index in [1.54, 1.807) is 6.08 Å². The van der Waals surface area contributed by atoms with Gasteiger partial charge in [0.05, 0.1) is 6.10 Å². The third-order valence-corrected chi connectivity index (χ3v) is 14.2. The molecule has 0 heterocycles. The molecule has 3 nitrogen and oxygen atoms in total. The number of unbranched alkanes of at least 4 members (excludes halogenated alkanes) is 12.